The van der Waals surface area contributed by atoms with Crippen molar-refractivity contribution >= 4 is 16.7 Å². The number of Topliss-reactive ketones (excluding diaryl/α,β-unsaturated/α-hetero) is 1. The first-order valence-electron chi connectivity index (χ1n) is 7.66. The van der Waals surface area contributed by atoms with E-state index in [2.05, 4.69) is 60.7 Å². The van der Waals surface area contributed by atoms with E-state index in [1.165, 1.54) is 16.9 Å². The van der Waals surface area contributed by atoms with Crippen molar-refractivity contribution in [2.75, 3.05) is 0 Å². The smallest absolute Gasteiger partial charge is 0.185 e. The van der Waals surface area contributed by atoms with Crippen LogP contribution < -0.4 is 0 Å². The molecule has 1 aliphatic carbocycles. The maximum Gasteiger partial charge on any atom is 0.185 e. The monoisotopic (exact) mass is 297 g/mol. The number of rotatable bonds is 4. The second kappa shape index (κ2) is 6.95. The minimum atomic E-state index is -0.00491. The molecule has 0 aromatic heterocycles. The Morgan fingerprint density at radius 1 is 0.905 bits per heavy atom. The van der Waals surface area contributed by atoms with Gasteiger partial charge in [0.2, 0.25) is 0 Å². The van der Waals surface area contributed by atoms with Crippen LogP contribution in [0.25, 0.3) is 0 Å². The van der Waals surface area contributed by atoms with Crippen LogP contribution in [0, 0.1) is 0 Å². The van der Waals surface area contributed by atoms with Crippen molar-refractivity contribution in [1.29, 1.82) is 0 Å². The van der Waals surface area contributed by atoms with Crippen LogP contribution in [0.2, 0.25) is 0 Å². The first kappa shape index (κ1) is 14.4. The molecule has 0 saturated heterocycles. The molecule has 0 heterocycles. The van der Waals surface area contributed by atoms with Gasteiger partial charge in [-0.2, -0.15) is 0 Å². The van der Waals surface area contributed by atoms with Crippen LogP contribution in [0.1, 0.15) is 31.2 Å². The minimum Gasteiger partial charge on any atom is -0.294 e. The normalized spacial score (nSPS) is 20.2. The molecule has 1 nitrogen and oxygen atoms in total. The lowest BCUT2D eigenvalue weighted by molar-refractivity contribution is -0.119. The largest absolute Gasteiger partial charge is 0.294 e. The van der Waals surface area contributed by atoms with Gasteiger partial charge >= 0.3 is 0 Å². The van der Waals surface area contributed by atoms with E-state index in [4.69, 9.17) is 0 Å². The summed E-state index contributed by atoms with van der Waals surface area (Å²) in [6, 6.07) is 21.2. The third kappa shape index (κ3) is 3.56. The third-order valence-electron chi connectivity index (χ3n) is 4.05. The van der Waals surface area contributed by atoms with Gasteiger partial charge in [0.25, 0.3) is 0 Å². The summed E-state index contributed by atoms with van der Waals surface area (Å²) >= 11 is 0. The summed E-state index contributed by atoms with van der Waals surface area (Å²) in [5.74, 6) is 1.46. The van der Waals surface area contributed by atoms with Crippen LogP contribution in [0.5, 0.6) is 0 Å². The summed E-state index contributed by atoms with van der Waals surface area (Å²) in [7, 11) is -0.00491. The van der Waals surface area contributed by atoms with E-state index in [0.29, 0.717) is 5.78 Å². The molecule has 2 heteroatoms. The van der Waals surface area contributed by atoms with E-state index >= 15 is 0 Å². The lowest BCUT2D eigenvalue weighted by atomic mass is 9.99. The first-order valence-corrected chi connectivity index (χ1v) is 9.12. The Morgan fingerprint density at radius 3 is 2.24 bits per heavy atom. The molecule has 0 bridgehead atoms. The Labute approximate surface area is 129 Å². The van der Waals surface area contributed by atoms with Gasteiger partial charge in [0.15, 0.2) is 15.9 Å². The first-order chi connectivity index (χ1) is 10.3. The van der Waals surface area contributed by atoms with Crippen molar-refractivity contribution in [3.63, 3.8) is 0 Å². The highest BCUT2D eigenvalue weighted by molar-refractivity contribution is 7.97. The Hall–Kier alpha value is -1.54. The molecule has 2 unspecified atom stereocenters. The van der Waals surface area contributed by atoms with E-state index in [0.717, 1.165) is 25.0 Å². The molecule has 0 N–H and O–H groups in total. The standard InChI is InChI=1S/C19H21OS/c20-18-13-7-8-14-19(18)21(17-11-5-2-6-12-17)15-16-9-3-1-4-10-16/h1-6,9-12,19H,7-8,13-15H2/q+1. The average Bonchev–Trinajstić information content (AvgIpc) is 2.55. The van der Waals surface area contributed by atoms with Crippen molar-refractivity contribution in [2.45, 2.75) is 41.6 Å². The van der Waals surface area contributed by atoms with E-state index < -0.39 is 0 Å². The number of carbonyl (C=O) groups is 1. The van der Waals surface area contributed by atoms with Gasteiger partial charge in [-0.15, -0.1) is 0 Å². The predicted molar refractivity (Wildman–Crippen MR) is 89.5 cm³/mol. The fraction of sp³-hybridized carbons (Fsp3) is 0.316. The van der Waals surface area contributed by atoms with E-state index in [1.807, 2.05) is 0 Å². The molecule has 2 aromatic rings. The topological polar surface area (TPSA) is 17.1 Å². The van der Waals surface area contributed by atoms with E-state index in [1.54, 1.807) is 0 Å². The van der Waals surface area contributed by atoms with Crippen molar-refractivity contribution < 1.29 is 4.79 Å². The maximum atomic E-state index is 12.4. The van der Waals surface area contributed by atoms with Crippen LogP contribution in [0.15, 0.2) is 65.6 Å². The zero-order valence-corrected chi connectivity index (χ0v) is 13.0. The highest BCUT2D eigenvalue weighted by Crippen LogP contribution is 2.30. The summed E-state index contributed by atoms with van der Waals surface area (Å²) in [5, 5.41) is 0.223. The van der Waals surface area contributed by atoms with Gasteiger partial charge in [-0.05, 0) is 25.0 Å². The molecule has 0 aliphatic heterocycles. The Kier molecular flexibility index (Phi) is 4.76. The van der Waals surface area contributed by atoms with Crippen LogP contribution in [0.4, 0.5) is 0 Å². The summed E-state index contributed by atoms with van der Waals surface area (Å²) in [6.07, 6.45) is 4.10. The molecule has 21 heavy (non-hydrogen) atoms. The molecule has 1 saturated carbocycles. The molecular formula is C19H21OS+. The lowest BCUT2D eigenvalue weighted by Gasteiger charge is -2.21. The second-order valence-electron chi connectivity index (χ2n) is 5.57. The summed E-state index contributed by atoms with van der Waals surface area (Å²) < 4.78 is 0. The zero-order chi connectivity index (χ0) is 14.5. The molecule has 108 valence electrons. The highest BCUT2D eigenvalue weighted by atomic mass is 32.2. The maximum absolute atomic E-state index is 12.4. The van der Waals surface area contributed by atoms with Crippen LogP contribution in [0.3, 0.4) is 0 Å². The quantitative estimate of drug-likeness (QED) is 0.766. The highest BCUT2D eigenvalue weighted by Gasteiger charge is 2.39. The molecular weight excluding hydrogens is 276 g/mol. The van der Waals surface area contributed by atoms with Gasteiger partial charge in [-0.3, -0.25) is 4.79 Å². The summed E-state index contributed by atoms with van der Waals surface area (Å²) in [4.78, 5) is 13.7. The van der Waals surface area contributed by atoms with Crippen molar-refractivity contribution in [3.05, 3.63) is 66.2 Å². The fourth-order valence-electron chi connectivity index (χ4n) is 2.95. The van der Waals surface area contributed by atoms with Crippen molar-refractivity contribution in [3.8, 4) is 0 Å². The van der Waals surface area contributed by atoms with Crippen LogP contribution >= 0.6 is 0 Å². The van der Waals surface area contributed by atoms with E-state index in [9.17, 15) is 4.79 Å². The molecule has 0 spiro atoms. The Bertz CT molecular complexity index is 579. The van der Waals surface area contributed by atoms with Crippen LogP contribution in [-0.2, 0) is 21.4 Å². The average molecular weight is 297 g/mol. The number of ketones is 1. The molecule has 2 aromatic carbocycles. The fourth-order valence-corrected chi connectivity index (χ4v) is 5.59. The van der Waals surface area contributed by atoms with Gasteiger partial charge in [0.1, 0.15) is 5.75 Å². The summed E-state index contributed by atoms with van der Waals surface area (Å²) in [5.41, 5.74) is 1.34. The molecule has 2 atom stereocenters. The Morgan fingerprint density at radius 2 is 1.57 bits per heavy atom. The predicted octanol–water partition coefficient (Wildman–Crippen LogP) is 4.38. The van der Waals surface area contributed by atoms with Crippen LogP contribution in [-0.4, -0.2) is 11.0 Å². The zero-order valence-electron chi connectivity index (χ0n) is 12.2. The van der Waals surface area contributed by atoms with E-state index in [-0.39, 0.29) is 16.1 Å². The third-order valence-corrected chi connectivity index (χ3v) is 6.76. The van der Waals surface area contributed by atoms with Gasteiger partial charge < -0.3 is 0 Å². The van der Waals surface area contributed by atoms with Gasteiger partial charge in [-0.25, -0.2) is 0 Å². The number of hydrogen-bond acceptors (Lipinski definition) is 1. The molecule has 0 amide bonds. The van der Waals surface area contributed by atoms with Crippen molar-refractivity contribution in [1.82, 2.24) is 0 Å². The van der Waals surface area contributed by atoms with Gasteiger partial charge in [-0.1, -0.05) is 48.5 Å². The van der Waals surface area contributed by atoms with Gasteiger partial charge in [0, 0.05) is 29.3 Å². The Balaban J connectivity index is 1.89. The molecule has 3 rings (SSSR count). The minimum absolute atomic E-state index is 0.00491. The second-order valence-corrected chi connectivity index (χ2v) is 7.76. The number of hydrogen-bond donors (Lipinski definition) is 0. The molecule has 1 fully saturated rings. The number of carbonyl (C=O) groups excluding carboxylic acids is 1. The summed E-state index contributed by atoms with van der Waals surface area (Å²) in [6.45, 7) is 0. The van der Waals surface area contributed by atoms with Gasteiger partial charge in [0.05, 0.1) is 0 Å². The SMILES string of the molecule is O=C1CCCCC1[S+](Cc1ccccc1)c1ccccc1. The lowest BCUT2D eigenvalue weighted by Crippen LogP contribution is -2.34. The molecule has 1 aliphatic rings. The molecule has 0 radical (unpaired) electrons. The number of benzene rings is 2. The van der Waals surface area contributed by atoms with Crippen molar-refractivity contribution in [2.24, 2.45) is 0 Å².